The van der Waals surface area contributed by atoms with Crippen LogP contribution < -0.4 is 64.2 Å². The Balaban J connectivity index is -0.000000320. The molecule has 54 valence electrons. The molecule has 0 heterocycles. The van der Waals surface area contributed by atoms with E-state index >= 15 is 0 Å². The van der Waals surface area contributed by atoms with E-state index < -0.39 is 11.2 Å². The van der Waals surface area contributed by atoms with Crippen LogP contribution in [0, 0.1) is 0 Å². The summed E-state index contributed by atoms with van der Waals surface area (Å²) in [5.41, 5.74) is 0. The van der Waals surface area contributed by atoms with E-state index in [2.05, 4.69) is 12.6 Å². The molecule has 0 unspecified atom stereocenters. The van der Waals surface area contributed by atoms with Crippen molar-refractivity contribution in [1.82, 2.24) is 0 Å². The summed E-state index contributed by atoms with van der Waals surface area (Å²) >= 11 is 4.56. The first kappa shape index (κ1) is 18.6. The molecule has 0 aromatic carbocycles. The fourth-order valence-corrected chi connectivity index (χ4v) is 0.674. The standard InChI is InChI=1S/C6H12O2S.2Na/c1-2-3-4-5(9)6(7)8;;/h5,9H,2-4H2,1H3,(H,7,8);;/q;2*+1/p-2/t5-;;/m1../s1. The Morgan fingerprint density at radius 2 is 2.00 bits per heavy atom. The van der Waals surface area contributed by atoms with Crippen molar-refractivity contribution in [2.24, 2.45) is 0 Å². The van der Waals surface area contributed by atoms with E-state index in [1.165, 1.54) is 0 Å². The van der Waals surface area contributed by atoms with E-state index in [1.54, 1.807) is 0 Å². The molecule has 11 heavy (non-hydrogen) atoms. The summed E-state index contributed by atoms with van der Waals surface area (Å²) in [5, 5.41) is 9.30. The van der Waals surface area contributed by atoms with Crippen LogP contribution in [0.5, 0.6) is 0 Å². The third kappa shape index (κ3) is 11.8. The van der Waals surface area contributed by atoms with Crippen LogP contribution >= 0.6 is 0 Å². The van der Waals surface area contributed by atoms with Gasteiger partial charge >= 0.3 is 59.1 Å². The van der Waals surface area contributed by atoms with Gasteiger partial charge in [0.2, 0.25) is 0 Å². The quantitative estimate of drug-likeness (QED) is 0.329. The first-order valence-electron chi connectivity index (χ1n) is 3.05. The van der Waals surface area contributed by atoms with Crippen LogP contribution in [0.1, 0.15) is 26.2 Å². The SMILES string of the molecule is CCCC[C@@H]([S-])C(=O)[O-].[Na+].[Na+]. The minimum atomic E-state index is -1.11. The van der Waals surface area contributed by atoms with Crippen molar-refractivity contribution >= 4 is 18.6 Å². The maximum Gasteiger partial charge on any atom is 1.00 e. The molecule has 0 saturated carbocycles. The van der Waals surface area contributed by atoms with Crippen molar-refractivity contribution in [2.45, 2.75) is 31.4 Å². The van der Waals surface area contributed by atoms with Crippen LogP contribution in [0.2, 0.25) is 0 Å². The fourth-order valence-electron chi connectivity index (χ4n) is 0.507. The third-order valence-corrected chi connectivity index (χ3v) is 1.51. The summed E-state index contributed by atoms with van der Waals surface area (Å²) in [7, 11) is 0. The predicted octanol–water partition coefficient (Wildman–Crippen LogP) is -6.15. The molecule has 1 atom stereocenters. The molecule has 0 bridgehead atoms. The second-order valence-electron chi connectivity index (χ2n) is 1.95. The zero-order valence-electron chi connectivity index (χ0n) is 7.42. The molecule has 0 aromatic heterocycles. The second-order valence-corrected chi connectivity index (χ2v) is 2.52. The first-order valence-corrected chi connectivity index (χ1v) is 3.52. The van der Waals surface area contributed by atoms with E-state index in [9.17, 15) is 9.90 Å². The van der Waals surface area contributed by atoms with Gasteiger partial charge in [-0.3, -0.25) is 0 Å². The zero-order chi connectivity index (χ0) is 7.28. The molecule has 0 saturated heterocycles. The van der Waals surface area contributed by atoms with Crippen LogP contribution in [-0.2, 0) is 17.4 Å². The van der Waals surface area contributed by atoms with Gasteiger partial charge in [-0.2, -0.15) is 0 Å². The smallest absolute Gasteiger partial charge is 0.783 e. The summed E-state index contributed by atoms with van der Waals surface area (Å²) in [6.07, 6.45) is 2.43. The van der Waals surface area contributed by atoms with Gasteiger partial charge in [-0.05, 0) is 0 Å². The number of hydrogen-bond acceptors (Lipinski definition) is 3. The van der Waals surface area contributed by atoms with Gasteiger partial charge in [-0.15, -0.1) is 5.25 Å². The summed E-state index contributed by atoms with van der Waals surface area (Å²) < 4.78 is 0. The van der Waals surface area contributed by atoms with E-state index in [4.69, 9.17) is 0 Å². The van der Waals surface area contributed by atoms with Crippen LogP contribution in [0.15, 0.2) is 0 Å². The van der Waals surface area contributed by atoms with Crippen molar-refractivity contribution in [1.29, 1.82) is 0 Å². The summed E-state index contributed by atoms with van der Waals surface area (Å²) in [4.78, 5) is 9.99. The molecule has 0 aliphatic rings. The minimum Gasteiger partial charge on any atom is -0.783 e. The number of hydrogen-bond donors (Lipinski definition) is 0. The molecule has 0 aliphatic heterocycles. The summed E-state index contributed by atoms with van der Waals surface area (Å²) in [6.45, 7) is 2.00. The van der Waals surface area contributed by atoms with Crippen molar-refractivity contribution in [3.05, 3.63) is 0 Å². The normalized spacial score (nSPS) is 10.7. The first-order chi connectivity index (χ1) is 4.18. The molecule has 5 heteroatoms. The number of unbranched alkanes of at least 4 members (excludes halogenated alkanes) is 1. The summed E-state index contributed by atoms with van der Waals surface area (Å²) in [5.74, 6) is -1.11. The number of carbonyl (C=O) groups is 1. The predicted molar refractivity (Wildman–Crippen MR) is 35.7 cm³/mol. The van der Waals surface area contributed by atoms with Gasteiger partial charge in [0, 0.05) is 5.97 Å². The molecule has 0 spiro atoms. The summed E-state index contributed by atoms with van der Waals surface area (Å²) in [6, 6.07) is 0. The topological polar surface area (TPSA) is 40.1 Å². The molecule has 0 aromatic rings. The Labute approximate surface area is 118 Å². The van der Waals surface area contributed by atoms with Gasteiger partial charge in [-0.25, -0.2) is 0 Å². The van der Waals surface area contributed by atoms with Gasteiger partial charge < -0.3 is 22.5 Å². The van der Waals surface area contributed by atoms with Gasteiger partial charge in [0.1, 0.15) is 0 Å². The molecule has 0 fully saturated rings. The Hall–Kier alpha value is 1.82. The molecule has 0 rings (SSSR count). The Morgan fingerprint density at radius 3 is 2.27 bits per heavy atom. The average molecular weight is 192 g/mol. The third-order valence-electron chi connectivity index (χ3n) is 1.08. The van der Waals surface area contributed by atoms with Crippen molar-refractivity contribution in [2.75, 3.05) is 0 Å². The monoisotopic (exact) mass is 192 g/mol. The molecule has 0 N–H and O–H groups in total. The van der Waals surface area contributed by atoms with Crippen LogP contribution in [-0.4, -0.2) is 11.2 Å². The van der Waals surface area contributed by atoms with Crippen molar-refractivity contribution in [3.8, 4) is 0 Å². The van der Waals surface area contributed by atoms with Gasteiger partial charge in [0.15, 0.2) is 0 Å². The second kappa shape index (κ2) is 11.8. The van der Waals surface area contributed by atoms with E-state index in [0.29, 0.717) is 6.42 Å². The average Bonchev–Trinajstić information content (AvgIpc) is 1.82. The molecular weight excluding hydrogens is 182 g/mol. The molecule has 0 aliphatic carbocycles. The van der Waals surface area contributed by atoms with Gasteiger partial charge in [-0.1, -0.05) is 26.2 Å². The maximum atomic E-state index is 9.99. The molecular formula is C6H10Na2O2S. The number of carboxylic acid groups (broad SMARTS) is 1. The maximum absolute atomic E-state index is 9.99. The molecule has 0 amide bonds. The van der Waals surface area contributed by atoms with Crippen molar-refractivity contribution < 1.29 is 69.0 Å². The van der Waals surface area contributed by atoms with Crippen molar-refractivity contribution in [3.63, 3.8) is 0 Å². The fraction of sp³-hybridized carbons (Fsp3) is 0.833. The number of rotatable bonds is 4. The largest absolute Gasteiger partial charge is 1.00 e. The van der Waals surface area contributed by atoms with Gasteiger partial charge in [0.25, 0.3) is 0 Å². The van der Waals surface area contributed by atoms with E-state index in [-0.39, 0.29) is 59.1 Å². The Bertz CT molecular complexity index is 101. The number of carbonyl (C=O) groups excluding carboxylic acids is 1. The van der Waals surface area contributed by atoms with Crippen LogP contribution in [0.4, 0.5) is 0 Å². The molecule has 2 nitrogen and oxygen atoms in total. The van der Waals surface area contributed by atoms with E-state index in [0.717, 1.165) is 12.8 Å². The Kier molecular flexibility index (Phi) is 20.0. The van der Waals surface area contributed by atoms with Crippen LogP contribution in [0.25, 0.3) is 0 Å². The van der Waals surface area contributed by atoms with Gasteiger partial charge in [0.05, 0.1) is 0 Å². The number of aliphatic carboxylic acids is 1. The zero-order valence-corrected chi connectivity index (χ0v) is 12.2. The van der Waals surface area contributed by atoms with Crippen LogP contribution in [0.3, 0.4) is 0 Å². The van der Waals surface area contributed by atoms with E-state index in [1.807, 2.05) is 6.92 Å². The molecule has 0 radical (unpaired) electrons. The minimum absolute atomic E-state index is 0. The number of carboxylic acids is 1. The Morgan fingerprint density at radius 1 is 1.55 bits per heavy atom.